The topological polar surface area (TPSA) is 12.0 Å². The largest absolute Gasteiger partial charge is 0.310 e. The predicted octanol–water partition coefficient (Wildman–Crippen LogP) is 4.96. The van der Waals surface area contributed by atoms with Gasteiger partial charge in [-0.25, -0.2) is 0 Å². The van der Waals surface area contributed by atoms with Crippen LogP contribution in [0.25, 0.3) is 0 Å². The van der Waals surface area contributed by atoms with E-state index in [0.717, 1.165) is 13.0 Å². The highest BCUT2D eigenvalue weighted by molar-refractivity contribution is 9.10. The van der Waals surface area contributed by atoms with Crippen LogP contribution in [0, 0.1) is 13.8 Å². The highest BCUT2D eigenvalue weighted by Gasteiger charge is 2.13. The Morgan fingerprint density at radius 2 is 1.80 bits per heavy atom. The molecule has 0 heterocycles. The average Bonchev–Trinajstić information content (AvgIpc) is 2.44. The fourth-order valence-corrected chi connectivity index (χ4v) is 2.74. The minimum atomic E-state index is 0.368. The zero-order chi connectivity index (χ0) is 14.5. The zero-order valence-corrected chi connectivity index (χ0v) is 14.0. The van der Waals surface area contributed by atoms with Gasteiger partial charge in [0.25, 0.3) is 0 Å². The summed E-state index contributed by atoms with van der Waals surface area (Å²) in [5, 5.41) is 3.61. The van der Waals surface area contributed by atoms with Crippen molar-refractivity contribution in [2.75, 3.05) is 6.54 Å². The summed E-state index contributed by atoms with van der Waals surface area (Å²) in [4.78, 5) is 0. The van der Waals surface area contributed by atoms with Crippen LogP contribution < -0.4 is 5.32 Å². The fraction of sp³-hybridized carbons (Fsp3) is 0.333. The number of nitrogens with one attached hydrogen (secondary N) is 1. The Bertz CT molecular complexity index is 577. The van der Waals surface area contributed by atoms with E-state index in [1.165, 1.54) is 26.7 Å². The van der Waals surface area contributed by atoms with E-state index < -0.39 is 0 Å². The van der Waals surface area contributed by atoms with E-state index in [1.807, 2.05) is 0 Å². The maximum absolute atomic E-state index is 3.61. The summed E-state index contributed by atoms with van der Waals surface area (Å²) in [5.41, 5.74) is 5.43. The predicted molar refractivity (Wildman–Crippen MR) is 90.2 cm³/mol. The molecule has 2 aromatic rings. The van der Waals surface area contributed by atoms with Crippen LogP contribution in [-0.2, 0) is 6.42 Å². The van der Waals surface area contributed by atoms with Crippen molar-refractivity contribution in [3.63, 3.8) is 0 Å². The van der Waals surface area contributed by atoms with Gasteiger partial charge in [-0.15, -0.1) is 0 Å². The minimum Gasteiger partial charge on any atom is -0.310 e. The molecular weight excluding hydrogens is 310 g/mol. The number of aryl methyl sites for hydroxylation is 2. The molecule has 0 saturated heterocycles. The molecule has 0 fully saturated rings. The van der Waals surface area contributed by atoms with Crippen LogP contribution in [0.2, 0.25) is 0 Å². The zero-order valence-electron chi connectivity index (χ0n) is 12.4. The van der Waals surface area contributed by atoms with Crippen LogP contribution in [0.15, 0.2) is 46.9 Å². The van der Waals surface area contributed by atoms with E-state index >= 15 is 0 Å². The lowest BCUT2D eigenvalue weighted by Crippen LogP contribution is -2.23. The molecule has 1 atom stereocenters. The van der Waals surface area contributed by atoms with E-state index in [4.69, 9.17) is 0 Å². The number of rotatable bonds is 5. The van der Waals surface area contributed by atoms with Crippen molar-refractivity contribution >= 4 is 15.9 Å². The Kier molecular flexibility index (Phi) is 5.38. The Morgan fingerprint density at radius 3 is 2.45 bits per heavy atom. The van der Waals surface area contributed by atoms with E-state index in [-0.39, 0.29) is 0 Å². The van der Waals surface area contributed by atoms with Crippen LogP contribution in [0.5, 0.6) is 0 Å². The average molecular weight is 332 g/mol. The second kappa shape index (κ2) is 7.05. The number of benzene rings is 2. The maximum Gasteiger partial charge on any atom is 0.0360 e. The van der Waals surface area contributed by atoms with Gasteiger partial charge in [0.1, 0.15) is 0 Å². The molecule has 1 N–H and O–H groups in total. The van der Waals surface area contributed by atoms with Crippen molar-refractivity contribution in [1.29, 1.82) is 0 Å². The van der Waals surface area contributed by atoms with Crippen molar-refractivity contribution in [2.24, 2.45) is 0 Å². The lowest BCUT2D eigenvalue weighted by atomic mass is 9.95. The Labute approximate surface area is 130 Å². The molecule has 0 radical (unpaired) electrons. The van der Waals surface area contributed by atoms with Gasteiger partial charge in [-0.1, -0.05) is 59.3 Å². The number of likely N-dealkylation sites (N-methyl/N-ethyl adjacent to an activating group) is 1. The second-order valence-corrected chi connectivity index (χ2v) is 6.10. The van der Waals surface area contributed by atoms with Gasteiger partial charge in [0.2, 0.25) is 0 Å². The third-order valence-corrected chi connectivity index (χ3v) is 4.61. The summed E-state index contributed by atoms with van der Waals surface area (Å²) in [6.45, 7) is 7.47. The van der Waals surface area contributed by atoms with Gasteiger partial charge in [-0.3, -0.25) is 0 Å². The molecule has 1 nitrogen and oxygen atoms in total. The molecule has 0 aliphatic rings. The molecule has 0 aliphatic carbocycles. The van der Waals surface area contributed by atoms with Crippen LogP contribution >= 0.6 is 15.9 Å². The summed E-state index contributed by atoms with van der Waals surface area (Å²) in [6.07, 6.45) is 1.03. The highest BCUT2D eigenvalue weighted by Crippen LogP contribution is 2.24. The van der Waals surface area contributed by atoms with Crippen molar-refractivity contribution in [3.05, 3.63) is 69.2 Å². The third kappa shape index (κ3) is 3.71. The van der Waals surface area contributed by atoms with Gasteiger partial charge in [0.05, 0.1) is 0 Å². The Morgan fingerprint density at radius 1 is 1.05 bits per heavy atom. The number of hydrogen-bond donors (Lipinski definition) is 1. The van der Waals surface area contributed by atoms with Crippen molar-refractivity contribution in [3.8, 4) is 0 Å². The van der Waals surface area contributed by atoms with Gasteiger partial charge in [-0.2, -0.15) is 0 Å². The molecule has 0 aliphatic heterocycles. The molecule has 0 aromatic heterocycles. The normalized spacial score (nSPS) is 12.4. The summed E-state index contributed by atoms with van der Waals surface area (Å²) < 4.78 is 1.17. The van der Waals surface area contributed by atoms with E-state index in [2.05, 4.69) is 84.5 Å². The quantitative estimate of drug-likeness (QED) is 0.816. The molecule has 2 rings (SSSR count). The maximum atomic E-state index is 3.61. The molecule has 0 spiro atoms. The van der Waals surface area contributed by atoms with E-state index in [9.17, 15) is 0 Å². The van der Waals surface area contributed by atoms with Crippen molar-refractivity contribution < 1.29 is 0 Å². The van der Waals surface area contributed by atoms with Crippen LogP contribution in [-0.4, -0.2) is 6.54 Å². The summed E-state index contributed by atoms with van der Waals surface area (Å²) >= 11 is 3.58. The summed E-state index contributed by atoms with van der Waals surface area (Å²) in [6, 6.07) is 15.6. The minimum absolute atomic E-state index is 0.368. The molecule has 0 saturated carbocycles. The van der Waals surface area contributed by atoms with Crippen LogP contribution in [0.1, 0.15) is 35.2 Å². The van der Waals surface area contributed by atoms with Gasteiger partial charge >= 0.3 is 0 Å². The van der Waals surface area contributed by atoms with Gasteiger partial charge in [0, 0.05) is 10.5 Å². The SMILES string of the molecule is CCNC(Cc1ccccc1C)c1ccc(Br)c(C)c1. The summed E-state index contributed by atoms with van der Waals surface area (Å²) in [5.74, 6) is 0. The molecule has 0 amide bonds. The van der Waals surface area contributed by atoms with E-state index in [0.29, 0.717) is 6.04 Å². The molecule has 1 unspecified atom stereocenters. The molecule has 0 bridgehead atoms. The summed E-state index contributed by atoms with van der Waals surface area (Å²) in [7, 11) is 0. The standard InChI is InChI=1S/C18H22BrN/c1-4-20-18(12-15-8-6-5-7-13(15)2)16-9-10-17(19)14(3)11-16/h5-11,18,20H,4,12H2,1-3H3. The monoisotopic (exact) mass is 331 g/mol. The van der Waals surface area contributed by atoms with Crippen molar-refractivity contribution in [2.45, 2.75) is 33.2 Å². The van der Waals surface area contributed by atoms with E-state index in [1.54, 1.807) is 0 Å². The smallest absolute Gasteiger partial charge is 0.0360 e. The number of halogens is 1. The molecule has 2 heteroatoms. The molecular formula is C18H22BrN. The second-order valence-electron chi connectivity index (χ2n) is 5.25. The number of hydrogen-bond acceptors (Lipinski definition) is 1. The lowest BCUT2D eigenvalue weighted by molar-refractivity contribution is 0.548. The molecule has 106 valence electrons. The third-order valence-electron chi connectivity index (χ3n) is 3.72. The van der Waals surface area contributed by atoms with Crippen LogP contribution in [0.4, 0.5) is 0 Å². The fourth-order valence-electron chi connectivity index (χ4n) is 2.50. The molecule has 20 heavy (non-hydrogen) atoms. The first-order valence-electron chi connectivity index (χ1n) is 7.15. The Hall–Kier alpha value is -1.12. The van der Waals surface area contributed by atoms with Gasteiger partial charge in [0.15, 0.2) is 0 Å². The Balaban J connectivity index is 2.27. The first kappa shape index (κ1) is 15.3. The first-order valence-corrected chi connectivity index (χ1v) is 7.95. The first-order chi connectivity index (χ1) is 9.61. The van der Waals surface area contributed by atoms with Crippen LogP contribution in [0.3, 0.4) is 0 Å². The van der Waals surface area contributed by atoms with Gasteiger partial charge < -0.3 is 5.32 Å². The van der Waals surface area contributed by atoms with Crippen molar-refractivity contribution in [1.82, 2.24) is 5.32 Å². The molecule has 2 aromatic carbocycles. The van der Waals surface area contributed by atoms with Gasteiger partial charge in [-0.05, 0) is 55.1 Å². The lowest BCUT2D eigenvalue weighted by Gasteiger charge is -2.20. The highest BCUT2D eigenvalue weighted by atomic mass is 79.9.